The Morgan fingerprint density at radius 2 is 2.00 bits per heavy atom. The summed E-state index contributed by atoms with van der Waals surface area (Å²) in [7, 11) is 0. The molecule has 5 nitrogen and oxygen atoms in total. The van der Waals surface area contributed by atoms with Crippen LogP contribution in [0.2, 0.25) is 0 Å². The molecule has 1 aliphatic rings. The zero-order valence-corrected chi connectivity index (χ0v) is 13.6. The summed E-state index contributed by atoms with van der Waals surface area (Å²) in [6.07, 6.45) is -4.51. The number of rotatable bonds is 5. The minimum Gasteiger partial charge on any atom is -0.507 e. The highest BCUT2D eigenvalue weighted by Gasteiger charge is 2.32. The van der Waals surface area contributed by atoms with Gasteiger partial charge in [0.1, 0.15) is 5.75 Å². The van der Waals surface area contributed by atoms with Gasteiger partial charge in [0, 0.05) is 24.6 Å². The molecule has 2 aromatic rings. The van der Waals surface area contributed by atoms with Crippen LogP contribution in [0.3, 0.4) is 0 Å². The first kappa shape index (κ1) is 17.6. The lowest BCUT2D eigenvalue weighted by molar-refractivity contribution is -0.137. The van der Waals surface area contributed by atoms with Gasteiger partial charge in [0.05, 0.1) is 30.2 Å². The molecular formula is C17H18F3N3O2. The van der Waals surface area contributed by atoms with Crippen LogP contribution in [0, 0.1) is 12.8 Å². The summed E-state index contributed by atoms with van der Waals surface area (Å²) >= 11 is 0. The van der Waals surface area contributed by atoms with E-state index in [2.05, 4.69) is 15.5 Å². The van der Waals surface area contributed by atoms with Crippen molar-refractivity contribution in [2.45, 2.75) is 19.6 Å². The van der Waals surface area contributed by atoms with Gasteiger partial charge in [-0.3, -0.25) is 0 Å². The molecule has 0 amide bonds. The number of nitrogens with one attached hydrogen (secondary N) is 1. The number of hydrogen-bond donors (Lipinski definition) is 2. The minimum absolute atomic E-state index is 0.256. The number of nitrogens with zero attached hydrogens (tertiary/aromatic N) is 2. The van der Waals surface area contributed by atoms with E-state index in [-0.39, 0.29) is 11.1 Å². The second-order valence-electron chi connectivity index (χ2n) is 6.13. The fourth-order valence-corrected chi connectivity index (χ4v) is 2.66. The first-order valence-corrected chi connectivity index (χ1v) is 7.87. The lowest BCUT2D eigenvalue weighted by atomic mass is 10.0. The third-order valence-electron chi connectivity index (χ3n) is 4.06. The second kappa shape index (κ2) is 6.97. The molecule has 1 fully saturated rings. The van der Waals surface area contributed by atoms with Crippen molar-refractivity contribution in [2.24, 2.45) is 5.92 Å². The summed E-state index contributed by atoms with van der Waals surface area (Å²) in [5.74, 6) is 0.0662. The van der Waals surface area contributed by atoms with Crippen LogP contribution >= 0.6 is 0 Å². The normalized spacial score (nSPS) is 15.2. The Labute approximate surface area is 142 Å². The predicted molar refractivity (Wildman–Crippen MR) is 84.9 cm³/mol. The number of alkyl halides is 3. The largest absolute Gasteiger partial charge is 0.507 e. The van der Waals surface area contributed by atoms with E-state index in [9.17, 15) is 18.3 Å². The van der Waals surface area contributed by atoms with Crippen LogP contribution in [-0.4, -0.2) is 35.1 Å². The molecule has 0 unspecified atom stereocenters. The van der Waals surface area contributed by atoms with Crippen LogP contribution in [0.5, 0.6) is 5.75 Å². The van der Waals surface area contributed by atoms with Crippen molar-refractivity contribution in [3.63, 3.8) is 0 Å². The number of aryl methyl sites for hydroxylation is 1. The molecule has 1 saturated heterocycles. The van der Waals surface area contributed by atoms with Gasteiger partial charge in [-0.1, -0.05) is 0 Å². The maximum atomic E-state index is 12.8. The molecule has 1 aromatic heterocycles. The number of phenols is 1. The van der Waals surface area contributed by atoms with Gasteiger partial charge in [0.15, 0.2) is 0 Å². The molecule has 1 aromatic carbocycles. The monoisotopic (exact) mass is 353 g/mol. The summed E-state index contributed by atoms with van der Waals surface area (Å²) in [6, 6.07) is 5.09. The van der Waals surface area contributed by atoms with E-state index in [0.717, 1.165) is 25.8 Å². The Morgan fingerprint density at radius 3 is 2.52 bits per heavy atom. The van der Waals surface area contributed by atoms with Crippen LogP contribution in [0.25, 0.3) is 11.3 Å². The molecule has 0 radical (unpaired) electrons. The van der Waals surface area contributed by atoms with Gasteiger partial charge in [0.25, 0.3) is 0 Å². The van der Waals surface area contributed by atoms with E-state index in [1.165, 1.54) is 6.92 Å². The van der Waals surface area contributed by atoms with Crippen molar-refractivity contribution >= 4 is 0 Å². The summed E-state index contributed by atoms with van der Waals surface area (Å²) in [5, 5.41) is 21.4. The van der Waals surface area contributed by atoms with E-state index in [0.29, 0.717) is 29.9 Å². The van der Waals surface area contributed by atoms with Crippen LogP contribution in [0.1, 0.15) is 16.8 Å². The van der Waals surface area contributed by atoms with Gasteiger partial charge in [-0.25, -0.2) is 0 Å². The molecule has 0 bridgehead atoms. The third kappa shape index (κ3) is 4.08. The quantitative estimate of drug-likeness (QED) is 0.865. The molecule has 0 aliphatic carbocycles. The van der Waals surface area contributed by atoms with Crippen LogP contribution in [-0.2, 0) is 17.5 Å². The predicted octanol–water partition coefficient (Wildman–Crippen LogP) is 2.91. The number of phenolic OH excluding ortho intramolecular Hbond substituents is 1. The zero-order valence-electron chi connectivity index (χ0n) is 13.6. The summed E-state index contributed by atoms with van der Waals surface area (Å²) < 4.78 is 43.5. The summed E-state index contributed by atoms with van der Waals surface area (Å²) in [4.78, 5) is 0. The van der Waals surface area contributed by atoms with Gasteiger partial charge in [-0.05, 0) is 36.8 Å². The summed E-state index contributed by atoms with van der Waals surface area (Å²) in [6.45, 7) is 4.42. The van der Waals surface area contributed by atoms with Crippen LogP contribution in [0.4, 0.5) is 13.2 Å². The van der Waals surface area contributed by atoms with Crippen molar-refractivity contribution in [2.75, 3.05) is 19.8 Å². The van der Waals surface area contributed by atoms with Gasteiger partial charge in [-0.2, -0.15) is 23.4 Å². The van der Waals surface area contributed by atoms with Crippen molar-refractivity contribution < 1.29 is 23.0 Å². The number of aromatic nitrogens is 2. The highest BCUT2D eigenvalue weighted by Crippen LogP contribution is 2.38. The van der Waals surface area contributed by atoms with Gasteiger partial charge < -0.3 is 15.2 Å². The average Bonchev–Trinajstić information content (AvgIpc) is 2.49. The molecular weight excluding hydrogens is 335 g/mol. The Hall–Kier alpha value is -2.19. The molecule has 2 heterocycles. The standard InChI is InChI=1S/C17H18F3N3O2/c1-10-4-12(17(18,19)20)5-15(24)16(10)14-3-2-13(22-23-14)7-21-6-11-8-25-9-11/h2-5,11,21,24H,6-9H2,1H3. The van der Waals surface area contributed by atoms with E-state index < -0.39 is 17.5 Å². The highest BCUT2D eigenvalue weighted by atomic mass is 19.4. The number of hydrogen-bond acceptors (Lipinski definition) is 5. The first-order valence-electron chi connectivity index (χ1n) is 7.87. The van der Waals surface area contributed by atoms with Crippen molar-refractivity contribution in [1.29, 1.82) is 0 Å². The number of benzene rings is 1. The highest BCUT2D eigenvalue weighted by molar-refractivity contribution is 5.71. The maximum Gasteiger partial charge on any atom is 0.416 e. The van der Waals surface area contributed by atoms with Gasteiger partial charge in [0.2, 0.25) is 0 Å². The molecule has 8 heteroatoms. The van der Waals surface area contributed by atoms with Crippen LogP contribution < -0.4 is 5.32 Å². The Bertz CT molecular complexity index is 721. The van der Waals surface area contributed by atoms with E-state index in [4.69, 9.17) is 4.74 Å². The van der Waals surface area contributed by atoms with Crippen molar-refractivity contribution in [1.82, 2.24) is 15.5 Å². The summed E-state index contributed by atoms with van der Waals surface area (Å²) in [5.41, 5.74) is 0.706. The van der Waals surface area contributed by atoms with Crippen molar-refractivity contribution in [3.8, 4) is 17.0 Å². The smallest absolute Gasteiger partial charge is 0.416 e. The van der Waals surface area contributed by atoms with E-state index in [1.54, 1.807) is 12.1 Å². The Morgan fingerprint density at radius 1 is 1.24 bits per heavy atom. The van der Waals surface area contributed by atoms with E-state index in [1.807, 2.05) is 0 Å². The first-order chi connectivity index (χ1) is 11.8. The zero-order chi connectivity index (χ0) is 18.0. The fraction of sp³-hybridized carbons (Fsp3) is 0.412. The lowest BCUT2D eigenvalue weighted by Crippen LogP contribution is -2.36. The number of halogens is 3. The van der Waals surface area contributed by atoms with Crippen molar-refractivity contribution in [3.05, 3.63) is 41.1 Å². The minimum atomic E-state index is -4.51. The molecule has 0 saturated carbocycles. The molecule has 134 valence electrons. The molecule has 25 heavy (non-hydrogen) atoms. The Kier molecular flexibility index (Phi) is 4.91. The second-order valence-corrected chi connectivity index (χ2v) is 6.13. The molecule has 3 rings (SSSR count). The van der Waals surface area contributed by atoms with Crippen LogP contribution in [0.15, 0.2) is 24.3 Å². The SMILES string of the molecule is Cc1cc(C(F)(F)F)cc(O)c1-c1ccc(CNCC2COC2)nn1. The van der Waals surface area contributed by atoms with Gasteiger partial charge in [-0.15, -0.1) is 0 Å². The van der Waals surface area contributed by atoms with Gasteiger partial charge >= 0.3 is 6.18 Å². The molecule has 2 N–H and O–H groups in total. The lowest BCUT2D eigenvalue weighted by Gasteiger charge is -2.25. The Balaban J connectivity index is 1.73. The maximum absolute atomic E-state index is 12.8. The molecule has 1 aliphatic heterocycles. The number of aromatic hydroxyl groups is 1. The topological polar surface area (TPSA) is 67.3 Å². The molecule has 0 spiro atoms. The number of ether oxygens (including phenoxy) is 1. The van der Waals surface area contributed by atoms with E-state index >= 15 is 0 Å². The average molecular weight is 353 g/mol. The fourth-order valence-electron chi connectivity index (χ4n) is 2.66. The molecule has 0 atom stereocenters. The third-order valence-corrected chi connectivity index (χ3v) is 4.06.